The predicted octanol–water partition coefficient (Wildman–Crippen LogP) is 2.90. The number of esters is 1. The van der Waals surface area contributed by atoms with Crippen LogP contribution in [0.5, 0.6) is 0 Å². The van der Waals surface area contributed by atoms with Gasteiger partial charge >= 0.3 is 5.97 Å². The second-order valence-corrected chi connectivity index (χ2v) is 7.13. The lowest BCUT2D eigenvalue weighted by atomic mass is 9.81. The van der Waals surface area contributed by atoms with E-state index >= 15 is 0 Å². The van der Waals surface area contributed by atoms with Crippen LogP contribution in [0.2, 0.25) is 5.02 Å². The Balaban J connectivity index is 2.13. The molecule has 0 aliphatic heterocycles. The van der Waals surface area contributed by atoms with E-state index in [1.165, 1.54) is 14.0 Å². The second-order valence-electron chi connectivity index (χ2n) is 6.69. The van der Waals surface area contributed by atoms with Crippen LogP contribution in [-0.4, -0.2) is 30.4 Å². The molecular weight excluding hydrogens is 356 g/mol. The zero-order valence-corrected chi connectivity index (χ0v) is 15.9. The molecule has 0 heterocycles. The topological polar surface area (TPSA) is 84.5 Å². The molecule has 1 unspecified atom stereocenters. The van der Waals surface area contributed by atoms with E-state index < -0.39 is 17.6 Å². The van der Waals surface area contributed by atoms with Gasteiger partial charge in [-0.1, -0.05) is 43.0 Å². The monoisotopic (exact) mass is 380 g/mol. The summed E-state index contributed by atoms with van der Waals surface area (Å²) in [4.78, 5) is 36.5. The van der Waals surface area contributed by atoms with Crippen LogP contribution < -0.4 is 10.6 Å². The summed E-state index contributed by atoms with van der Waals surface area (Å²) < 4.78 is 4.92. The van der Waals surface area contributed by atoms with E-state index in [4.69, 9.17) is 16.3 Å². The van der Waals surface area contributed by atoms with Gasteiger partial charge in [-0.3, -0.25) is 9.59 Å². The van der Waals surface area contributed by atoms with Crippen LogP contribution in [-0.2, 0) is 19.1 Å². The Morgan fingerprint density at radius 3 is 2.31 bits per heavy atom. The lowest BCUT2D eigenvalue weighted by Gasteiger charge is -2.35. The Kier molecular flexibility index (Phi) is 7.03. The molecule has 1 aliphatic carbocycles. The maximum absolute atomic E-state index is 12.7. The molecule has 1 aliphatic rings. The molecule has 1 saturated carbocycles. The first-order chi connectivity index (χ1) is 12.4. The molecule has 0 spiro atoms. The molecule has 1 aromatic carbocycles. The molecule has 142 valence electrons. The lowest BCUT2D eigenvalue weighted by molar-refractivity contribution is -0.152. The fraction of sp³-hybridized carbons (Fsp3) is 0.526. The molecule has 7 heteroatoms. The summed E-state index contributed by atoms with van der Waals surface area (Å²) in [6.45, 7) is 1.40. The molecule has 26 heavy (non-hydrogen) atoms. The average molecular weight is 381 g/mol. The summed E-state index contributed by atoms with van der Waals surface area (Å²) >= 11 is 5.91. The number of benzene rings is 1. The molecule has 1 fully saturated rings. The molecule has 1 atom stereocenters. The van der Waals surface area contributed by atoms with Crippen molar-refractivity contribution in [3.05, 3.63) is 34.9 Å². The molecule has 0 saturated heterocycles. The number of carbonyl (C=O) groups excluding carboxylic acids is 3. The number of ether oxygens (including phenoxy) is 1. The van der Waals surface area contributed by atoms with Gasteiger partial charge in [-0.15, -0.1) is 0 Å². The van der Waals surface area contributed by atoms with Crippen molar-refractivity contribution in [2.45, 2.75) is 57.0 Å². The van der Waals surface area contributed by atoms with Crippen molar-refractivity contribution in [2.24, 2.45) is 0 Å². The number of methoxy groups -OCH3 is 1. The van der Waals surface area contributed by atoms with E-state index in [0.717, 1.165) is 24.8 Å². The van der Waals surface area contributed by atoms with E-state index in [2.05, 4.69) is 10.6 Å². The van der Waals surface area contributed by atoms with Crippen LogP contribution in [0.4, 0.5) is 0 Å². The molecular formula is C19H25ClN2O4. The normalized spacial score (nSPS) is 17.0. The van der Waals surface area contributed by atoms with Crippen LogP contribution in [0.1, 0.15) is 57.1 Å². The van der Waals surface area contributed by atoms with E-state index in [1.54, 1.807) is 24.3 Å². The summed E-state index contributed by atoms with van der Waals surface area (Å²) in [5.41, 5.74) is -0.194. The Labute approximate surface area is 158 Å². The third kappa shape index (κ3) is 5.21. The maximum atomic E-state index is 12.7. The number of rotatable bonds is 6. The highest BCUT2D eigenvalue weighted by Gasteiger charge is 2.42. The highest BCUT2D eigenvalue weighted by Crippen LogP contribution is 2.30. The van der Waals surface area contributed by atoms with Gasteiger partial charge in [-0.05, 0) is 30.5 Å². The lowest BCUT2D eigenvalue weighted by Crippen LogP contribution is -2.56. The summed E-state index contributed by atoms with van der Waals surface area (Å²) in [6.07, 6.45) is 3.92. The SMILES string of the molecule is COC(=O)C1(NC(=O)CC(NC(C)=O)c2ccc(Cl)cc2)CCCCC1. The van der Waals surface area contributed by atoms with Gasteiger partial charge in [0.05, 0.1) is 19.6 Å². The van der Waals surface area contributed by atoms with Gasteiger partial charge in [0.1, 0.15) is 5.54 Å². The molecule has 2 amide bonds. The van der Waals surface area contributed by atoms with Gasteiger partial charge in [0.2, 0.25) is 11.8 Å². The van der Waals surface area contributed by atoms with E-state index in [-0.39, 0.29) is 18.2 Å². The number of hydrogen-bond acceptors (Lipinski definition) is 4. The minimum absolute atomic E-state index is 0.0277. The van der Waals surface area contributed by atoms with Crippen LogP contribution in [0, 0.1) is 0 Å². The van der Waals surface area contributed by atoms with Crippen molar-refractivity contribution < 1.29 is 19.1 Å². The zero-order chi connectivity index (χ0) is 19.2. The van der Waals surface area contributed by atoms with Crippen molar-refractivity contribution in [2.75, 3.05) is 7.11 Å². The predicted molar refractivity (Wildman–Crippen MR) is 98.6 cm³/mol. The second kappa shape index (κ2) is 9.03. The van der Waals surface area contributed by atoms with Gasteiger partial charge in [0.25, 0.3) is 0 Å². The van der Waals surface area contributed by atoms with Crippen molar-refractivity contribution in [3.8, 4) is 0 Å². The molecule has 0 bridgehead atoms. The fourth-order valence-electron chi connectivity index (χ4n) is 3.43. The number of carbonyl (C=O) groups is 3. The Hall–Kier alpha value is -2.08. The molecule has 0 radical (unpaired) electrons. The Morgan fingerprint density at radius 2 is 1.77 bits per heavy atom. The first-order valence-corrected chi connectivity index (χ1v) is 9.16. The van der Waals surface area contributed by atoms with E-state index in [0.29, 0.717) is 17.9 Å². The molecule has 2 rings (SSSR count). The molecule has 2 N–H and O–H groups in total. The summed E-state index contributed by atoms with van der Waals surface area (Å²) in [7, 11) is 1.33. The quantitative estimate of drug-likeness (QED) is 0.743. The van der Waals surface area contributed by atoms with E-state index in [9.17, 15) is 14.4 Å². The van der Waals surface area contributed by atoms with Crippen LogP contribution in [0.3, 0.4) is 0 Å². The summed E-state index contributed by atoms with van der Waals surface area (Å²) in [5, 5.41) is 6.23. The minimum Gasteiger partial charge on any atom is -0.467 e. The largest absolute Gasteiger partial charge is 0.467 e. The van der Waals surface area contributed by atoms with Gasteiger partial charge < -0.3 is 15.4 Å². The standard InChI is InChI=1S/C19H25ClN2O4/c1-13(23)21-16(14-6-8-15(20)9-7-14)12-17(24)22-19(18(25)26-2)10-4-3-5-11-19/h6-9,16H,3-5,10-12H2,1-2H3,(H,21,23)(H,22,24). The van der Waals surface area contributed by atoms with Gasteiger partial charge in [0.15, 0.2) is 0 Å². The number of halogens is 1. The maximum Gasteiger partial charge on any atom is 0.331 e. The van der Waals surface area contributed by atoms with Gasteiger partial charge in [0, 0.05) is 11.9 Å². The van der Waals surface area contributed by atoms with Crippen LogP contribution >= 0.6 is 11.6 Å². The Morgan fingerprint density at radius 1 is 1.15 bits per heavy atom. The van der Waals surface area contributed by atoms with Gasteiger partial charge in [-0.2, -0.15) is 0 Å². The first-order valence-electron chi connectivity index (χ1n) is 8.78. The molecule has 6 nitrogen and oxygen atoms in total. The highest BCUT2D eigenvalue weighted by molar-refractivity contribution is 6.30. The zero-order valence-electron chi connectivity index (χ0n) is 15.1. The fourth-order valence-corrected chi connectivity index (χ4v) is 3.55. The first kappa shape index (κ1) is 20.2. The third-order valence-corrected chi connectivity index (χ3v) is 4.95. The van der Waals surface area contributed by atoms with Crippen molar-refractivity contribution in [1.82, 2.24) is 10.6 Å². The summed E-state index contributed by atoms with van der Waals surface area (Å²) in [5.74, 6) is -0.947. The highest BCUT2D eigenvalue weighted by atomic mass is 35.5. The number of amides is 2. The van der Waals surface area contributed by atoms with Crippen molar-refractivity contribution >= 4 is 29.4 Å². The average Bonchev–Trinajstić information content (AvgIpc) is 2.61. The molecule has 1 aromatic rings. The Bertz CT molecular complexity index is 654. The summed E-state index contributed by atoms with van der Waals surface area (Å²) in [6, 6.07) is 6.46. The van der Waals surface area contributed by atoms with Crippen molar-refractivity contribution in [3.63, 3.8) is 0 Å². The number of nitrogens with one attached hydrogen (secondary N) is 2. The third-order valence-electron chi connectivity index (χ3n) is 4.70. The van der Waals surface area contributed by atoms with Crippen LogP contribution in [0.15, 0.2) is 24.3 Å². The van der Waals surface area contributed by atoms with Gasteiger partial charge in [-0.25, -0.2) is 4.79 Å². The van der Waals surface area contributed by atoms with E-state index in [1.807, 2.05) is 0 Å². The van der Waals surface area contributed by atoms with Crippen LogP contribution in [0.25, 0.3) is 0 Å². The molecule has 0 aromatic heterocycles. The number of hydrogen-bond donors (Lipinski definition) is 2. The minimum atomic E-state index is -0.967. The van der Waals surface area contributed by atoms with Crippen molar-refractivity contribution in [1.29, 1.82) is 0 Å². The smallest absolute Gasteiger partial charge is 0.331 e.